The molecule has 0 saturated heterocycles. The topological polar surface area (TPSA) is 67.8 Å². The van der Waals surface area contributed by atoms with Gasteiger partial charge in [-0.25, -0.2) is 0 Å². The van der Waals surface area contributed by atoms with Crippen molar-refractivity contribution in [3.8, 4) is 0 Å². The molecule has 0 aliphatic heterocycles. The third-order valence-corrected chi connectivity index (χ3v) is 6.85. The molecule has 0 saturated carbocycles. The van der Waals surface area contributed by atoms with E-state index in [0.29, 0.717) is 5.75 Å². The van der Waals surface area contributed by atoms with E-state index in [1.165, 1.54) is 0 Å². The van der Waals surface area contributed by atoms with Gasteiger partial charge in [0, 0.05) is 27.3 Å². The molecular formula is C27H30N2O3S. The number of rotatable bonds is 9. The Labute approximate surface area is 198 Å². The number of nitrogens with zero attached hydrogens (tertiary/aromatic N) is 1. The zero-order chi connectivity index (χ0) is 23.8. The van der Waals surface area contributed by atoms with E-state index in [4.69, 9.17) is 4.84 Å². The van der Waals surface area contributed by atoms with Crippen LogP contribution in [-0.2, 0) is 32.3 Å². The van der Waals surface area contributed by atoms with Crippen molar-refractivity contribution in [3.05, 3.63) is 95.6 Å². The lowest BCUT2D eigenvalue weighted by atomic mass is 9.77. The number of hydrogen-bond donors (Lipinski definition) is 1. The van der Waals surface area contributed by atoms with Crippen molar-refractivity contribution >= 4 is 28.1 Å². The standard InChI is InChI=1S/C27H30N2O3S/c1-5-33(31)24-17-11-20(12-18-24)19-25(30)28-23-15-13-22(14-16-23)27(2,3)26(29-32-4)21-9-7-6-8-10-21/h6-18H,5,19H2,1-4H3,(H,28,30)/b29-26+. The van der Waals surface area contributed by atoms with Crippen molar-refractivity contribution in [1.29, 1.82) is 0 Å². The molecule has 0 radical (unpaired) electrons. The lowest BCUT2D eigenvalue weighted by molar-refractivity contribution is -0.115. The average molecular weight is 463 g/mol. The first kappa shape index (κ1) is 24.4. The summed E-state index contributed by atoms with van der Waals surface area (Å²) in [4.78, 5) is 18.4. The minimum absolute atomic E-state index is 0.0997. The van der Waals surface area contributed by atoms with Crippen LogP contribution in [0.3, 0.4) is 0 Å². The van der Waals surface area contributed by atoms with Gasteiger partial charge < -0.3 is 10.2 Å². The quantitative estimate of drug-likeness (QED) is 0.345. The lowest BCUT2D eigenvalue weighted by Crippen LogP contribution is -2.30. The van der Waals surface area contributed by atoms with Gasteiger partial charge in [0.1, 0.15) is 7.11 Å². The van der Waals surface area contributed by atoms with Gasteiger partial charge in [-0.3, -0.25) is 9.00 Å². The number of amides is 1. The molecule has 1 atom stereocenters. The number of hydrogen-bond acceptors (Lipinski definition) is 4. The Hall–Kier alpha value is -3.25. The second-order valence-electron chi connectivity index (χ2n) is 8.19. The molecule has 1 N–H and O–H groups in total. The van der Waals surface area contributed by atoms with Crippen molar-refractivity contribution in [2.75, 3.05) is 18.2 Å². The van der Waals surface area contributed by atoms with E-state index >= 15 is 0 Å². The van der Waals surface area contributed by atoms with E-state index < -0.39 is 16.2 Å². The van der Waals surface area contributed by atoms with Gasteiger partial charge in [0.25, 0.3) is 0 Å². The van der Waals surface area contributed by atoms with Gasteiger partial charge in [0.15, 0.2) is 0 Å². The van der Waals surface area contributed by atoms with Crippen LogP contribution in [0, 0.1) is 0 Å². The van der Waals surface area contributed by atoms with Gasteiger partial charge in [-0.05, 0) is 35.4 Å². The summed E-state index contributed by atoms with van der Waals surface area (Å²) in [5.74, 6) is 0.480. The summed E-state index contributed by atoms with van der Waals surface area (Å²) in [5.41, 5.74) is 4.09. The number of nitrogens with one attached hydrogen (secondary N) is 1. The van der Waals surface area contributed by atoms with Crippen LogP contribution in [0.25, 0.3) is 0 Å². The maximum Gasteiger partial charge on any atom is 0.228 e. The summed E-state index contributed by atoms with van der Waals surface area (Å²) < 4.78 is 11.9. The van der Waals surface area contributed by atoms with E-state index in [-0.39, 0.29) is 12.3 Å². The number of carbonyl (C=O) groups is 1. The fraction of sp³-hybridized carbons (Fsp3) is 0.259. The molecule has 0 aliphatic rings. The highest BCUT2D eigenvalue weighted by molar-refractivity contribution is 7.85. The fourth-order valence-corrected chi connectivity index (χ4v) is 4.41. The third-order valence-electron chi connectivity index (χ3n) is 5.53. The molecule has 1 amide bonds. The van der Waals surface area contributed by atoms with Crippen LogP contribution in [0.1, 0.15) is 37.5 Å². The summed E-state index contributed by atoms with van der Waals surface area (Å²) >= 11 is 0. The first-order valence-electron chi connectivity index (χ1n) is 10.9. The number of carbonyl (C=O) groups excluding carboxylic acids is 1. The van der Waals surface area contributed by atoms with Crippen LogP contribution >= 0.6 is 0 Å². The molecule has 1 unspecified atom stereocenters. The van der Waals surface area contributed by atoms with E-state index in [1.807, 2.05) is 85.8 Å². The SMILES string of the molecule is CCS(=O)c1ccc(CC(=O)Nc2ccc(C(C)(C)/C(=N/OC)c3ccccc3)cc2)cc1. The normalized spacial score (nSPS) is 12.8. The molecule has 0 spiro atoms. The predicted octanol–water partition coefficient (Wildman–Crippen LogP) is 5.32. The van der Waals surface area contributed by atoms with Crippen molar-refractivity contribution in [1.82, 2.24) is 0 Å². The second kappa shape index (κ2) is 11.1. The molecule has 172 valence electrons. The van der Waals surface area contributed by atoms with Gasteiger partial charge in [0.2, 0.25) is 5.91 Å². The first-order valence-corrected chi connectivity index (χ1v) is 12.2. The molecule has 0 fully saturated rings. The van der Waals surface area contributed by atoms with Crippen molar-refractivity contribution in [2.24, 2.45) is 5.16 Å². The van der Waals surface area contributed by atoms with Gasteiger partial charge in [-0.1, -0.05) is 80.5 Å². The Morgan fingerprint density at radius 2 is 1.61 bits per heavy atom. The van der Waals surface area contributed by atoms with Gasteiger partial charge in [-0.2, -0.15) is 0 Å². The van der Waals surface area contributed by atoms with Crippen molar-refractivity contribution < 1.29 is 13.8 Å². The molecule has 0 bridgehead atoms. The molecule has 3 aromatic rings. The van der Waals surface area contributed by atoms with E-state index in [9.17, 15) is 9.00 Å². The molecule has 0 aromatic heterocycles. The van der Waals surface area contributed by atoms with Gasteiger partial charge in [-0.15, -0.1) is 0 Å². The Kier molecular flexibility index (Phi) is 8.17. The Balaban J connectivity index is 1.69. The summed E-state index contributed by atoms with van der Waals surface area (Å²) in [6, 6.07) is 25.1. The van der Waals surface area contributed by atoms with Crippen LogP contribution in [0.5, 0.6) is 0 Å². The molecular weight excluding hydrogens is 432 g/mol. The van der Waals surface area contributed by atoms with Crippen LogP contribution in [0.2, 0.25) is 0 Å². The molecule has 33 heavy (non-hydrogen) atoms. The summed E-state index contributed by atoms with van der Waals surface area (Å²) in [6.07, 6.45) is 0.255. The van der Waals surface area contributed by atoms with Crippen LogP contribution < -0.4 is 5.32 Å². The summed E-state index contributed by atoms with van der Waals surface area (Å²) in [5, 5.41) is 7.26. The van der Waals surface area contributed by atoms with E-state index in [2.05, 4.69) is 24.3 Å². The Bertz CT molecular complexity index is 1120. The maximum atomic E-state index is 12.5. The molecule has 5 nitrogen and oxygen atoms in total. The number of oxime groups is 1. The van der Waals surface area contributed by atoms with Gasteiger partial charge >= 0.3 is 0 Å². The second-order valence-corrected chi connectivity index (χ2v) is 9.93. The van der Waals surface area contributed by atoms with Crippen molar-refractivity contribution in [2.45, 2.75) is 37.5 Å². The van der Waals surface area contributed by atoms with E-state index in [0.717, 1.165) is 33.0 Å². The molecule has 3 rings (SSSR count). The summed E-state index contributed by atoms with van der Waals surface area (Å²) in [6.45, 7) is 6.08. The minimum Gasteiger partial charge on any atom is -0.399 e. The molecule has 3 aromatic carbocycles. The maximum absolute atomic E-state index is 12.5. The Morgan fingerprint density at radius 1 is 0.970 bits per heavy atom. The smallest absolute Gasteiger partial charge is 0.228 e. The van der Waals surface area contributed by atoms with Gasteiger partial charge in [0.05, 0.1) is 22.9 Å². The number of benzene rings is 3. The highest BCUT2D eigenvalue weighted by atomic mass is 32.2. The zero-order valence-corrected chi connectivity index (χ0v) is 20.3. The predicted molar refractivity (Wildman–Crippen MR) is 135 cm³/mol. The van der Waals surface area contributed by atoms with Crippen molar-refractivity contribution in [3.63, 3.8) is 0 Å². The third kappa shape index (κ3) is 6.17. The monoisotopic (exact) mass is 462 g/mol. The minimum atomic E-state index is -0.987. The Morgan fingerprint density at radius 3 is 2.18 bits per heavy atom. The molecule has 0 heterocycles. The van der Waals surface area contributed by atoms with E-state index in [1.54, 1.807) is 7.11 Å². The van der Waals surface area contributed by atoms with Crippen LogP contribution in [0.15, 0.2) is 88.9 Å². The zero-order valence-electron chi connectivity index (χ0n) is 19.5. The van der Waals surface area contributed by atoms with Crippen LogP contribution in [0.4, 0.5) is 5.69 Å². The lowest BCUT2D eigenvalue weighted by Gasteiger charge is -2.27. The molecule has 0 aliphatic carbocycles. The first-order chi connectivity index (χ1) is 15.8. The highest BCUT2D eigenvalue weighted by Gasteiger charge is 2.29. The molecule has 6 heteroatoms. The fourth-order valence-electron chi connectivity index (χ4n) is 3.64. The average Bonchev–Trinajstić information content (AvgIpc) is 2.83. The summed E-state index contributed by atoms with van der Waals surface area (Å²) in [7, 11) is 0.563. The highest BCUT2D eigenvalue weighted by Crippen LogP contribution is 2.29. The largest absolute Gasteiger partial charge is 0.399 e. The number of anilines is 1. The van der Waals surface area contributed by atoms with Crippen LogP contribution in [-0.4, -0.2) is 28.7 Å².